The summed E-state index contributed by atoms with van der Waals surface area (Å²) in [7, 11) is 0. The van der Waals surface area contributed by atoms with Gasteiger partial charge < -0.3 is 4.90 Å². The van der Waals surface area contributed by atoms with Crippen molar-refractivity contribution in [2.75, 3.05) is 13.1 Å². The first-order chi connectivity index (χ1) is 12.8. The number of carbonyl (C=O) groups excluding carboxylic acids is 3. The van der Waals surface area contributed by atoms with Crippen LogP contribution in [0, 0.1) is 5.41 Å². The molecule has 0 aromatic heterocycles. The van der Waals surface area contributed by atoms with Crippen LogP contribution in [0.15, 0.2) is 30.4 Å². The Morgan fingerprint density at radius 1 is 1.19 bits per heavy atom. The predicted molar refractivity (Wildman–Crippen MR) is 108 cm³/mol. The zero-order valence-electron chi connectivity index (χ0n) is 16.9. The summed E-state index contributed by atoms with van der Waals surface area (Å²) >= 11 is 0. The Morgan fingerprint density at radius 2 is 1.89 bits per heavy atom. The minimum Gasteiger partial charge on any atom is -0.324 e. The molecule has 27 heavy (non-hydrogen) atoms. The summed E-state index contributed by atoms with van der Waals surface area (Å²) in [6, 6.07) is -0.669. The van der Waals surface area contributed by atoms with Gasteiger partial charge in [-0.1, -0.05) is 45.8 Å². The maximum atomic E-state index is 13.1. The molecule has 6 nitrogen and oxygen atoms in total. The summed E-state index contributed by atoms with van der Waals surface area (Å²) in [5.74, 6) is -1.27. The summed E-state index contributed by atoms with van der Waals surface area (Å²) in [5, 5.41) is 5.53. The number of allylic oxidation sites excluding steroid dienone is 1. The van der Waals surface area contributed by atoms with Crippen molar-refractivity contribution in [1.82, 2.24) is 9.91 Å². The molecule has 0 N–H and O–H groups in total. The average molecular weight is 376 g/mol. The van der Waals surface area contributed by atoms with Crippen LogP contribution in [0.5, 0.6) is 0 Å². The fourth-order valence-corrected chi connectivity index (χ4v) is 2.90. The molecule has 0 bridgehead atoms. The van der Waals surface area contributed by atoms with E-state index in [1.165, 1.54) is 9.91 Å². The molecule has 0 saturated carbocycles. The lowest BCUT2D eigenvalue weighted by Crippen LogP contribution is -2.53. The fraction of sp³-hybridized carbons (Fsp3) is 0.619. The monoisotopic (exact) mass is 375 g/mol. The molecule has 1 saturated heterocycles. The number of rotatable bonds is 9. The first-order valence-corrected chi connectivity index (χ1v) is 9.71. The standard InChI is InChI=1S/C21H33N3O3/c1-6-9-14-22-24(15-7-2)19(26)17-13-11-10-12-16-23(17)20(27)18(25)21(4,5)8-3/h6-7,14,17H,1-2,8-13,15-16H2,3-5H3/b22-14-/t17-/m0/s1. The third-order valence-corrected chi connectivity index (χ3v) is 5.04. The van der Waals surface area contributed by atoms with Gasteiger partial charge in [0.1, 0.15) is 6.04 Å². The third kappa shape index (κ3) is 6.15. The van der Waals surface area contributed by atoms with E-state index in [0.717, 1.165) is 19.3 Å². The Hall–Kier alpha value is -2.24. The van der Waals surface area contributed by atoms with E-state index >= 15 is 0 Å². The molecular formula is C21H33N3O3. The Kier molecular flexibility index (Phi) is 9.12. The van der Waals surface area contributed by atoms with Gasteiger partial charge in [-0.05, 0) is 19.3 Å². The van der Waals surface area contributed by atoms with Crippen LogP contribution in [0.1, 0.15) is 59.3 Å². The van der Waals surface area contributed by atoms with Crippen LogP contribution < -0.4 is 0 Å². The summed E-state index contributed by atoms with van der Waals surface area (Å²) < 4.78 is 0. The Bertz CT molecular complexity index is 595. The zero-order valence-corrected chi connectivity index (χ0v) is 16.9. The predicted octanol–water partition coefficient (Wildman–Crippen LogP) is 3.34. The highest BCUT2D eigenvalue weighted by molar-refractivity contribution is 6.38. The largest absolute Gasteiger partial charge is 0.324 e. The van der Waals surface area contributed by atoms with Gasteiger partial charge in [0.2, 0.25) is 5.78 Å². The van der Waals surface area contributed by atoms with E-state index in [4.69, 9.17) is 0 Å². The SMILES string of the molecule is C=CC/C=N\N(CC=C)C(=O)[C@@H]1CCCCCN1C(=O)C(=O)C(C)(C)CC. The van der Waals surface area contributed by atoms with Crippen molar-refractivity contribution < 1.29 is 14.4 Å². The maximum absolute atomic E-state index is 13.1. The molecule has 0 unspecified atom stereocenters. The zero-order chi connectivity index (χ0) is 20.4. The van der Waals surface area contributed by atoms with Crippen molar-refractivity contribution in [3.05, 3.63) is 25.3 Å². The van der Waals surface area contributed by atoms with Crippen LogP contribution in [0.25, 0.3) is 0 Å². The van der Waals surface area contributed by atoms with Gasteiger partial charge in [-0.2, -0.15) is 5.10 Å². The van der Waals surface area contributed by atoms with Crippen molar-refractivity contribution in [2.45, 2.75) is 65.3 Å². The van der Waals surface area contributed by atoms with Gasteiger partial charge in [-0.3, -0.25) is 14.4 Å². The fourth-order valence-electron chi connectivity index (χ4n) is 2.90. The van der Waals surface area contributed by atoms with Crippen molar-refractivity contribution in [3.8, 4) is 0 Å². The number of nitrogens with zero attached hydrogens (tertiary/aromatic N) is 3. The van der Waals surface area contributed by atoms with Gasteiger partial charge in [-0.15, -0.1) is 13.2 Å². The van der Waals surface area contributed by atoms with E-state index in [2.05, 4.69) is 18.3 Å². The first-order valence-electron chi connectivity index (χ1n) is 9.71. The summed E-state index contributed by atoms with van der Waals surface area (Å²) in [4.78, 5) is 40.2. The number of Topliss-reactive ketones (excluding diaryl/α,β-unsaturated/α-hetero) is 1. The number of hydrogen-bond donors (Lipinski definition) is 0. The van der Waals surface area contributed by atoms with Crippen LogP contribution in [0.3, 0.4) is 0 Å². The van der Waals surface area contributed by atoms with Crippen LogP contribution in [-0.4, -0.2) is 52.9 Å². The van der Waals surface area contributed by atoms with Gasteiger partial charge >= 0.3 is 0 Å². The van der Waals surface area contributed by atoms with Gasteiger partial charge in [-0.25, -0.2) is 5.01 Å². The lowest BCUT2D eigenvalue weighted by atomic mass is 9.84. The van der Waals surface area contributed by atoms with Gasteiger partial charge in [0, 0.05) is 24.6 Å². The van der Waals surface area contributed by atoms with E-state index in [9.17, 15) is 14.4 Å². The number of amides is 2. The summed E-state index contributed by atoms with van der Waals surface area (Å²) in [6.07, 6.45) is 9.08. The van der Waals surface area contributed by atoms with E-state index in [1.807, 2.05) is 6.92 Å². The number of carbonyl (C=O) groups is 3. The molecule has 6 heteroatoms. The van der Waals surface area contributed by atoms with Crippen LogP contribution in [-0.2, 0) is 14.4 Å². The third-order valence-electron chi connectivity index (χ3n) is 5.04. The number of hydrazone groups is 1. The average Bonchev–Trinajstić information content (AvgIpc) is 2.91. The van der Waals surface area contributed by atoms with E-state index in [0.29, 0.717) is 25.8 Å². The second-order valence-electron chi connectivity index (χ2n) is 7.46. The normalized spacial score (nSPS) is 18.0. The van der Waals surface area contributed by atoms with Crippen molar-refractivity contribution >= 4 is 23.8 Å². The second-order valence-corrected chi connectivity index (χ2v) is 7.46. The van der Waals surface area contributed by atoms with E-state index < -0.39 is 23.1 Å². The molecule has 1 rings (SSSR count). The lowest BCUT2D eigenvalue weighted by molar-refractivity contribution is -0.154. The molecule has 150 valence electrons. The Labute approximate surface area is 163 Å². The highest BCUT2D eigenvalue weighted by Crippen LogP contribution is 2.25. The molecular weight excluding hydrogens is 342 g/mol. The first kappa shape index (κ1) is 22.8. The smallest absolute Gasteiger partial charge is 0.291 e. The Balaban J connectivity index is 3.12. The van der Waals surface area contributed by atoms with Crippen molar-refractivity contribution in [1.29, 1.82) is 0 Å². The number of likely N-dealkylation sites (tertiary alicyclic amines) is 1. The van der Waals surface area contributed by atoms with E-state index in [1.54, 1.807) is 32.2 Å². The van der Waals surface area contributed by atoms with Gasteiger partial charge in [0.15, 0.2) is 0 Å². The molecule has 0 aliphatic carbocycles. The maximum Gasteiger partial charge on any atom is 0.291 e. The molecule has 0 radical (unpaired) electrons. The molecule has 1 aliphatic heterocycles. The molecule has 0 aromatic rings. The molecule has 1 fully saturated rings. The minimum atomic E-state index is -0.736. The molecule has 1 atom stereocenters. The van der Waals surface area contributed by atoms with Gasteiger partial charge in [0.25, 0.3) is 11.8 Å². The van der Waals surface area contributed by atoms with Crippen molar-refractivity contribution in [3.63, 3.8) is 0 Å². The number of ketones is 1. The highest BCUT2D eigenvalue weighted by atomic mass is 16.2. The van der Waals surface area contributed by atoms with Crippen LogP contribution in [0.2, 0.25) is 0 Å². The lowest BCUT2D eigenvalue weighted by Gasteiger charge is -2.33. The Morgan fingerprint density at radius 3 is 2.48 bits per heavy atom. The topological polar surface area (TPSA) is 70.1 Å². The molecule has 2 amide bonds. The highest BCUT2D eigenvalue weighted by Gasteiger charge is 2.40. The van der Waals surface area contributed by atoms with Gasteiger partial charge in [0.05, 0.1) is 6.54 Å². The molecule has 0 aromatic carbocycles. The second kappa shape index (κ2) is 10.8. The van der Waals surface area contributed by atoms with E-state index in [-0.39, 0.29) is 12.5 Å². The van der Waals surface area contributed by atoms with Crippen LogP contribution in [0.4, 0.5) is 0 Å². The molecule has 1 heterocycles. The summed E-state index contributed by atoms with van der Waals surface area (Å²) in [6.45, 7) is 13.4. The molecule has 0 spiro atoms. The summed E-state index contributed by atoms with van der Waals surface area (Å²) in [5.41, 5.74) is -0.736. The van der Waals surface area contributed by atoms with Crippen molar-refractivity contribution in [2.24, 2.45) is 10.5 Å². The minimum absolute atomic E-state index is 0.249. The molecule has 1 aliphatic rings. The van der Waals surface area contributed by atoms with Crippen LogP contribution >= 0.6 is 0 Å². The number of hydrogen-bond acceptors (Lipinski definition) is 4. The quantitative estimate of drug-likeness (QED) is 0.269.